The van der Waals surface area contributed by atoms with Gasteiger partial charge in [-0.2, -0.15) is 0 Å². The van der Waals surface area contributed by atoms with E-state index < -0.39 is 0 Å². The molecule has 96 valence electrons. The van der Waals surface area contributed by atoms with Crippen LogP contribution in [0.1, 0.15) is 44.1 Å². The summed E-state index contributed by atoms with van der Waals surface area (Å²) < 4.78 is 5.05. The van der Waals surface area contributed by atoms with Gasteiger partial charge in [-0.1, -0.05) is 42.0 Å². The Morgan fingerprint density at radius 1 is 1.33 bits per heavy atom. The first-order valence-electron chi connectivity index (χ1n) is 6.70. The molecule has 0 bridgehead atoms. The summed E-state index contributed by atoms with van der Waals surface area (Å²) in [5.41, 5.74) is 2.54. The molecule has 2 rings (SSSR count). The van der Waals surface area contributed by atoms with E-state index in [9.17, 15) is 4.79 Å². The lowest BCUT2D eigenvalue weighted by Gasteiger charge is -2.24. The summed E-state index contributed by atoms with van der Waals surface area (Å²) in [5.74, 6) is 0.288. The third-order valence-electron chi connectivity index (χ3n) is 3.41. The summed E-state index contributed by atoms with van der Waals surface area (Å²) in [6.07, 6.45) is 6.07. The highest BCUT2D eigenvalue weighted by Crippen LogP contribution is 2.35. The van der Waals surface area contributed by atoms with Crippen LogP contribution in [-0.2, 0) is 9.53 Å². The Morgan fingerprint density at radius 3 is 2.83 bits per heavy atom. The Labute approximate surface area is 109 Å². The van der Waals surface area contributed by atoms with Crippen LogP contribution in [0.2, 0.25) is 0 Å². The Bertz CT molecular complexity index is 420. The molecule has 0 N–H and O–H groups in total. The molecule has 1 aromatic carbocycles. The van der Waals surface area contributed by atoms with E-state index in [2.05, 4.69) is 30.3 Å². The fraction of sp³-hybridized carbons (Fsp3) is 0.438. The van der Waals surface area contributed by atoms with Crippen molar-refractivity contribution in [1.82, 2.24) is 0 Å². The molecule has 1 aliphatic rings. The Morgan fingerprint density at radius 2 is 2.11 bits per heavy atom. The molecule has 1 unspecified atom stereocenters. The van der Waals surface area contributed by atoms with Gasteiger partial charge in [-0.25, -0.2) is 0 Å². The fourth-order valence-electron chi connectivity index (χ4n) is 2.58. The number of carbonyl (C=O) groups excluding carboxylic acids is 1. The monoisotopic (exact) mass is 244 g/mol. The normalized spacial score (nSPS) is 19.2. The highest BCUT2D eigenvalue weighted by molar-refractivity contribution is 5.73. The van der Waals surface area contributed by atoms with Crippen LogP contribution in [0.3, 0.4) is 0 Å². The van der Waals surface area contributed by atoms with Gasteiger partial charge in [0, 0.05) is 5.92 Å². The average Bonchev–Trinajstić information content (AvgIpc) is 2.40. The molecule has 0 saturated heterocycles. The molecule has 0 fully saturated rings. The summed E-state index contributed by atoms with van der Waals surface area (Å²) in [6, 6.07) is 10.4. The summed E-state index contributed by atoms with van der Waals surface area (Å²) in [7, 11) is 0. The van der Waals surface area contributed by atoms with Gasteiger partial charge in [-0.15, -0.1) is 0 Å². The molecule has 0 heterocycles. The summed E-state index contributed by atoms with van der Waals surface area (Å²) >= 11 is 0. The van der Waals surface area contributed by atoms with E-state index >= 15 is 0 Å². The molecule has 0 saturated carbocycles. The topological polar surface area (TPSA) is 26.3 Å². The van der Waals surface area contributed by atoms with Crippen molar-refractivity contribution in [1.29, 1.82) is 0 Å². The van der Waals surface area contributed by atoms with Crippen LogP contribution >= 0.6 is 0 Å². The van der Waals surface area contributed by atoms with Crippen molar-refractivity contribution in [2.75, 3.05) is 6.61 Å². The summed E-state index contributed by atoms with van der Waals surface area (Å²) in [4.78, 5) is 11.6. The van der Waals surface area contributed by atoms with Crippen LogP contribution in [0, 0.1) is 0 Å². The van der Waals surface area contributed by atoms with Crippen LogP contribution in [0.4, 0.5) is 0 Å². The molecule has 0 radical (unpaired) electrons. The molecule has 0 aliphatic heterocycles. The zero-order chi connectivity index (χ0) is 12.8. The van der Waals surface area contributed by atoms with Gasteiger partial charge in [-0.3, -0.25) is 4.79 Å². The first-order valence-corrected chi connectivity index (χ1v) is 6.70. The van der Waals surface area contributed by atoms with Crippen LogP contribution in [0.25, 0.3) is 0 Å². The average molecular weight is 244 g/mol. The van der Waals surface area contributed by atoms with Gasteiger partial charge in [0.1, 0.15) is 0 Å². The van der Waals surface area contributed by atoms with Crippen LogP contribution < -0.4 is 0 Å². The van der Waals surface area contributed by atoms with Crippen molar-refractivity contribution < 1.29 is 9.53 Å². The van der Waals surface area contributed by atoms with E-state index in [0.717, 1.165) is 12.8 Å². The molecular formula is C16H20O2. The van der Waals surface area contributed by atoms with Gasteiger partial charge < -0.3 is 4.74 Å². The molecule has 1 atom stereocenters. The number of hydrogen-bond donors (Lipinski definition) is 0. The number of carbonyl (C=O) groups is 1. The van der Waals surface area contributed by atoms with E-state index in [1.807, 2.05) is 13.0 Å². The molecule has 0 spiro atoms. The van der Waals surface area contributed by atoms with E-state index in [1.165, 1.54) is 17.6 Å². The van der Waals surface area contributed by atoms with Crippen LogP contribution in [0.5, 0.6) is 0 Å². The maximum atomic E-state index is 11.6. The minimum Gasteiger partial charge on any atom is -0.466 e. The zero-order valence-corrected chi connectivity index (χ0v) is 10.9. The van der Waals surface area contributed by atoms with Crippen LogP contribution in [0.15, 0.2) is 42.0 Å². The summed E-state index contributed by atoms with van der Waals surface area (Å²) in [5, 5.41) is 0. The lowest BCUT2D eigenvalue weighted by molar-refractivity contribution is -0.142. The molecule has 0 aromatic heterocycles. The Hall–Kier alpha value is -1.57. The first kappa shape index (κ1) is 12.9. The van der Waals surface area contributed by atoms with Gasteiger partial charge in [0.05, 0.1) is 13.0 Å². The van der Waals surface area contributed by atoms with Crippen molar-refractivity contribution >= 4 is 5.97 Å². The standard InChI is InChI=1S/C16H20O2/c1-2-18-16(17)12-14-10-6-7-11-15(14)13-8-4-3-5-9-13/h3-5,8-10,15H,2,6-7,11-12H2,1H3. The predicted octanol–water partition coefficient (Wildman–Crippen LogP) is 3.83. The van der Waals surface area contributed by atoms with Crippen molar-refractivity contribution in [2.45, 2.75) is 38.5 Å². The molecule has 1 aliphatic carbocycles. The lowest BCUT2D eigenvalue weighted by atomic mass is 9.81. The van der Waals surface area contributed by atoms with Crippen molar-refractivity contribution in [3.05, 3.63) is 47.5 Å². The minimum atomic E-state index is -0.105. The number of rotatable bonds is 4. The number of esters is 1. The van der Waals surface area contributed by atoms with Gasteiger partial charge in [-0.05, 0) is 31.7 Å². The third-order valence-corrected chi connectivity index (χ3v) is 3.41. The quantitative estimate of drug-likeness (QED) is 0.594. The largest absolute Gasteiger partial charge is 0.466 e. The SMILES string of the molecule is CCOC(=O)CC1=CCCCC1c1ccccc1. The summed E-state index contributed by atoms with van der Waals surface area (Å²) in [6.45, 7) is 2.31. The Kier molecular flexibility index (Phi) is 4.57. The van der Waals surface area contributed by atoms with E-state index in [0.29, 0.717) is 18.9 Å². The molecule has 1 aromatic rings. The Balaban J connectivity index is 2.11. The smallest absolute Gasteiger partial charge is 0.309 e. The first-order chi connectivity index (χ1) is 8.81. The van der Waals surface area contributed by atoms with Gasteiger partial charge >= 0.3 is 5.97 Å². The zero-order valence-electron chi connectivity index (χ0n) is 10.9. The van der Waals surface area contributed by atoms with E-state index in [1.54, 1.807) is 0 Å². The second-order valence-corrected chi connectivity index (χ2v) is 4.66. The van der Waals surface area contributed by atoms with Crippen LogP contribution in [-0.4, -0.2) is 12.6 Å². The lowest BCUT2D eigenvalue weighted by Crippen LogP contribution is -2.13. The molecule has 0 amide bonds. The van der Waals surface area contributed by atoms with Crippen molar-refractivity contribution in [3.8, 4) is 0 Å². The third kappa shape index (κ3) is 3.22. The maximum absolute atomic E-state index is 11.6. The number of benzene rings is 1. The predicted molar refractivity (Wildman–Crippen MR) is 72.4 cm³/mol. The highest BCUT2D eigenvalue weighted by atomic mass is 16.5. The highest BCUT2D eigenvalue weighted by Gasteiger charge is 2.21. The molecule has 2 nitrogen and oxygen atoms in total. The number of allylic oxidation sites excluding steroid dienone is 1. The van der Waals surface area contributed by atoms with E-state index in [-0.39, 0.29) is 5.97 Å². The fourth-order valence-corrected chi connectivity index (χ4v) is 2.58. The van der Waals surface area contributed by atoms with Gasteiger partial charge in [0.2, 0.25) is 0 Å². The van der Waals surface area contributed by atoms with Gasteiger partial charge in [0.15, 0.2) is 0 Å². The second kappa shape index (κ2) is 6.39. The number of hydrogen-bond acceptors (Lipinski definition) is 2. The van der Waals surface area contributed by atoms with Gasteiger partial charge in [0.25, 0.3) is 0 Å². The second-order valence-electron chi connectivity index (χ2n) is 4.66. The molecule has 18 heavy (non-hydrogen) atoms. The molecule has 2 heteroatoms. The maximum Gasteiger partial charge on any atom is 0.309 e. The minimum absolute atomic E-state index is 0.105. The van der Waals surface area contributed by atoms with Crippen molar-refractivity contribution in [2.24, 2.45) is 0 Å². The van der Waals surface area contributed by atoms with Crippen molar-refractivity contribution in [3.63, 3.8) is 0 Å². The molecular weight excluding hydrogens is 224 g/mol. The number of ether oxygens (including phenoxy) is 1. The van der Waals surface area contributed by atoms with E-state index in [4.69, 9.17) is 4.74 Å².